The van der Waals surface area contributed by atoms with Gasteiger partial charge in [0.05, 0.1) is 30.4 Å². The van der Waals surface area contributed by atoms with Crippen molar-refractivity contribution in [2.24, 2.45) is 0 Å². The minimum absolute atomic E-state index is 0.285. The lowest BCUT2D eigenvalue weighted by molar-refractivity contribution is 0.0607. The molecule has 0 spiro atoms. The molecule has 4 heterocycles. The lowest BCUT2D eigenvalue weighted by Crippen LogP contribution is -2.43. The number of aromatic nitrogens is 2. The third-order valence-electron chi connectivity index (χ3n) is 4.52. The fourth-order valence-electron chi connectivity index (χ4n) is 3.06. The Morgan fingerprint density at radius 3 is 2.83 bits per heavy atom. The van der Waals surface area contributed by atoms with Gasteiger partial charge in [0.1, 0.15) is 10.6 Å². The molecule has 1 saturated heterocycles. The van der Waals surface area contributed by atoms with Crippen LogP contribution in [0.1, 0.15) is 20.2 Å². The number of nitrogens with one attached hydrogen (secondary N) is 3. The van der Waals surface area contributed by atoms with E-state index in [0.717, 1.165) is 31.9 Å². The molecule has 0 radical (unpaired) electrons. The topological polar surface area (TPSA) is 108 Å². The number of esters is 1. The van der Waals surface area contributed by atoms with Crippen molar-refractivity contribution in [1.82, 2.24) is 15.3 Å². The Labute approximate surface area is 181 Å². The molecule has 30 heavy (non-hydrogen) atoms. The molecule has 1 aliphatic rings. The van der Waals surface area contributed by atoms with Crippen LogP contribution in [0.3, 0.4) is 0 Å². The van der Waals surface area contributed by atoms with Gasteiger partial charge in [-0.3, -0.25) is 9.78 Å². The van der Waals surface area contributed by atoms with Crippen molar-refractivity contribution in [2.75, 3.05) is 48.8 Å². The second-order valence-corrected chi connectivity index (χ2v) is 8.18. The summed E-state index contributed by atoms with van der Waals surface area (Å²) in [5.41, 5.74) is 2.47. The van der Waals surface area contributed by atoms with Gasteiger partial charge >= 0.3 is 5.97 Å². The van der Waals surface area contributed by atoms with Crippen LogP contribution in [0.15, 0.2) is 35.3 Å². The number of ether oxygens (including phenoxy) is 1. The Bertz CT molecular complexity index is 1040. The molecule has 11 heteroatoms. The van der Waals surface area contributed by atoms with Crippen LogP contribution in [-0.4, -0.2) is 55.1 Å². The largest absolute Gasteiger partial charge is 0.465 e. The number of methoxy groups -OCH3 is 1. The number of pyridine rings is 1. The molecule has 1 aliphatic heterocycles. The first-order valence-corrected chi connectivity index (χ1v) is 11.0. The van der Waals surface area contributed by atoms with E-state index in [1.54, 1.807) is 29.2 Å². The maximum Gasteiger partial charge on any atom is 0.350 e. The summed E-state index contributed by atoms with van der Waals surface area (Å²) in [5.74, 6) is -0.735. The SMILES string of the molecule is COC(=O)c1sccc1Nc1nc(C(=O)Nc2cnccc2N2CCNCC2)cs1. The summed E-state index contributed by atoms with van der Waals surface area (Å²) >= 11 is 2.56. The number of thiophene rings is 1. The van der Waals surface area contributed by atoms with Crippen molar-refractivity contribution in [3.8, 4) is 0 Å². The van der Waals surface area contributed by atoms with Crippen LogP contribution >= 0.6 is 22.7 Å². The average molecular weight is 445 g/mol. The number of carbonyl (C=O) groups excluding carboxylic acids is 2. The van der Waals surface area contributed by atoms with Crippen molar-refractivity contribution in [3.63, 3.8) is 0 Å². The van der Waals surface area contributed by atoms with E-state index in [-0.39, 0.29) is 11.6 Å². The molecule has 9 nitrogen and oxygen atoms in total. The second kappa shape index (κ2) is 9.20. The van der Waals surface area contributed by atoms with Gasteiger partial charge in [-0.05, 0) is 17.5 Å². The smallest absolute Gasteiger partial charge is 0.350 e. The predicted molar refractivity (Wildman–Crippen MR) is 118 cm³/mol. The maximum absolute atomic E-state index is 12.8. The first-order chi connectivity index (χ1) is 14.7. The van der Waals surface area contributed by atoms with Crippen LogP contribution in [0.4, 0.5) is 22.2 Å². The molecular formula is C19H20N6O3S2. The molecule has 0 bridgehead atoms. The lowest BCUT2D eigenvalue weighted by atomic mass is 10.2. The number of hydrogen-bond acceptors (Lipinski definition) is 10. The summed E-state index contributed by atoms with van der Waals surface area (Å²) in [5, 5.41) is 13.3. The van der Waals surface area contributed by atoms with Crippen LogP contribution in [-0.2, 0) is 4.74 Å². The molecule has 3 aromatic rings. The number of piperazine rings is 1. The molecular weight excluding hydrogens is 424 g/mol. The van der Waals surface area contributed by atoms with E-state index in [1.165, 1.54) is 29.8 Å². The number of hydrogen-bond donors (Lipinski definition) is 3. The molecule has 0 unspecified atom stereocenters. The Balaban J connectivity index is 1.47. The van der Waals surface area contributed by atoms with Crippen LogP contribution in [0, 0.1) is 0 Å². The van der Waals surface area contributed by atoms with Crippen LogP contribution < -0.4 is 20.9 Å². The number of rotatable bonds is 6. The highest BCUT2D eigenvalue weighted by molar-refractivity contribution is 7.14. The molecule has 3 N–H and O–H groups in total. The quantitative estimate of drug-likeness (QED) is 0.498. The maximum atomic E-state index is 12.8. The summed E-state index contributed by atoms with van der Waals surface area (Å²) < 4.78 is 4.78. The van der Waals surface area contributed by atoms with E-state index in [1.807, 2.05) is 6.07 Å². The van der Waals surface area contributed by atoms with E-state index in [2.05, 4.69) is 30.8 Å². The zero-order valence-corrected chi connectivity index (χ0v) is 17.8. The highest BCUT2D eigenvalue weighted by Gasteiger charge is 2.19. The number of thiazole rings is 1. The first-order valence-electron chi connectivity index (χ1n) is 9.25. The lowest BCUT2D eigenvalue weighted by Gasteiger charge is -2.30. The highest BCUT2D eigenvalue weighted by Crippen LogP contribution is 2.29. The van der Waals surface area contributed by atoms with Crippen molar-refractivity contribution in [3.05, 3.63) is 45.9 Å². The van der Waals surface area contributed by atoms with Gasteiger partial charge in [-0.15, -0.1) is 22.7 Å². The molecule has 0 atom stereocenters. The summed E-state index contributed by atoms with van der Waals surface area (Å²) in [4.78, 5) is 35.7. The molecule has 1 fully saturated rings. The second-order valence-electron chi connectivity index (χ2n) is 6.40. The van der Waals surface area contributed by atoms with Crippen LogP contribution in [0.5, 0.6) is 0 Å². The summed E-state index contributed by atoms with van der Waals surface area (Å²) in [6, 6.07) is 3.67. The molecule has 4 rings (SSSR count). The van der Waals surface area contributed by atoms with Gasteiger partial charge in [0, 0.05) is 37.8 Å². The minimum atomic E-state index is -0.418. The zero-order chi connectivity index (χ0) is 20.9. The standard InChI is InChI=1S/C19H20N6O3S2/c1-28-18(27)16-12(3-9-29-16)23-19-24-14(11-30-19)17(26)22-13-10-21-4-2-15(13)25-7-5-20-6-8-25/h2-4,9-11,20H,5-8H2,1H3,(H,22,26)(H,23,24). The fraction of sp³-hybridized carbons (Fsp3) is 0.263. The Morgan fingerprint density at radius 2 is 2.03 bits per heavy atom. The van der Waals surface area contributed by atoms with Gasteiger partial charge in [0.25, 0.3) is 5.91 Å². The van der Waals surface area contributed by atoms with E-state index < -0.39 is 5.97 Å². The third kappa shape index (κ3) is 4.42. The van der Waals surface area contributed by atoms with Crippen molar-refractivity contribution < 1.29 is 14.3 Å². The average Bonchev–Trinajstić information content (AvgIpc) is 3.44. The van der Waals surface area contributed by atoms with Gasteiger partial charge in [0.2, 0.25) is 0 Å². The van der Waals surface area contributed by atoms with E-state index in [0.29, 0.717) is 21.4 Å². The molecule has 0 saturated carbocycles. The van der Waals surface area contributed by atoms with Crippen molar-refractivity contribution in [1.29, 1.82) is 0 Å². The first kappa shape index (κ1) is 20.3. The minimum Gasteiger partial charge on any atom is -0.465 e. The summed E-state index contributed by atoms with van der Waals surface area (Å²) in [6.07, 6.45) is 3.37. The zero-order valence-electron chi connectivity index (χ0n) is 16.2. The molecule has 0 aromatic carbocycles. The predicted octanol–water partition coefficient (Wildman–Crippen LogP) is 2.79. The van der Waals surface area contributed by atoms with E-state index >= 15 is 0 Å². The van der Waals surface area contributed by atoms with E-state index in [4.69, 9.17) is 4.74 Å². The van der Waals surface area contributed by atoms with Gasteiger partial charge in [-0.1, -0.05) is 0 Å². The van der Waals surface area contributed by atoms with Crippen LogP contribution in [0.25, 0.3) is 0 Å². The summed E-state index contributed by atoms with van der Waals surface area (Å²) in [6.45, 7) is 3.52. The number of carbonyl (C=O) groups is 2. The number of anilines is 4. The van der Waals surface area contributed by atoms with Gasteiger partial charge in [0.15, 0.2) is 5.13 Å². The molecule has 0 aliphatic carbocycles. The number of amides is 1. The van der Waals surface area contributed by atoms with Crippen molar-refractivity contribution >= 4 is 56.7 Å². The highest BCUT2D eigenvalue weighted by atomic mass is 32.1. The van der Waals surface area contributed by atoms with Crippen LogP contribution in [0.2, 0.25) is 0 Å². The molecule has 1 amide bonds. The Kier molecular flexibility index (Phi) is 6.21. The van der Waals surface area contributed by atoms with Gasteiger partial charge in [-0.25, -0.2) is 9.78 Å². The van der Waals surface area contributed by atoms with Gasteiger partial charge in [-0.2, -0.15) is 0 Å². The monoisotopic (exact) mass is 444 g/mol. The summed E-state index contributed by atoms with van der Waals surface area (Å²) in [7, 11) is 1.34. The van der Waals surface area contributed by atoms with Gasteiger partial charge < -0.3 is 25.6 Å². The third-order valence-corrected chi connectivity index (χ3v) is 6.17. The normalized spacial score (nSPS) is 13.7. The Hall–Kier alpha value is -3.02. The van der Waals surface area contributed by atoms with E-state index in [9.17, 15) is 9.59 Å². The molecule has 3 aromatic heterocycles. The van der Waals surface area contributed by atoms with Crippen molar-refractivity contribution in [2.45, 2.75) is 0 Å². The molecule has 156 valence electrons. The Morgan fingerprint density at radius 1 is 1.20 bits per heavy atom. The number of nitrogens with zero attached hydrogens (tertiary/aromatic N) is 3. The fourth-order valence-corrected chi connectivity index (χ4v) is 4.53.